The molecular weight excluding hydrogens is 288 g/mol. The normalized spacial score (nSPS) is 28.5. The molecule has 0 spiro atoms. The number of hydrogen-bond acceptors (Lipinski definition) is 3. The molecule has 0 bridgehead atoms. The zero-order valence-corrected chi connectivity index (χ0v) is 14.0. The number of nitrogens with one attached hydrogen (secondary N) is 2. The lowest BCUT2D eigenvalue weighted by atomic mass is 9.83. The molecule has 2 fully saturated rings. The highest BCUT2D eigenvalue weighted by Crippen LogP contribution is 2.25. The van der Waals surface area contributed by atoms with Gasteiger partial charge in [0.1, 0.15) is 0 Å². The van der Waals surface area contributed by atoms with E-state index in [4.69, 9.17) is 0 Å². The molecule has 3 N–H and O–H groups in total. The van der Waals surface area contributed by atoms with Crippen LogP contribution in [0, 0.1) is 17.8 Å². The number of piperidine rings is 1. The summed E-state index contributed by atoms with van der Waals surface area (Å²) in [5.74, 6) is 1.58. The minimum atomic E-state index is -0.217. The zero-order valence-electron chi connectivity index (χ0n) is 13.1. The zero-order chi connectivity index (χ0) is 14.4. The third-order valence-corrected chi connectivity index (χ3v) is 5.13. The minimum absolute atomic E-state index is 0. The third kappa shape index (κ3) is 6.13. The van der Waals surface area contributed by atoms with Gasteiger partial charge < -0.3 is 15.7 Å². The average molecular weight is 319 g/mol. The second-order valence-electron chi connectivity index (χ2n) is 6.68. The SMILES string of the molecule is CC(CC(=O)NCC1CCCCC1O)C1CCNCC1.Cl. The van der Waals surface area contributed by atoms with Gasteiger partial charge >= 0.3 is 0 Å². The van der Waals surface area contributed by atoms with Crippen LogP contribution in [0.25, 0.3) is 0 Å². The molecule has 5 heteroatoms. The molecular formula is C16H31ClN2O2. The van der Waals surface area contributed by atoms with Crippen LogP contribution in [0.1, 0.15) is 51.9 Å². The summed E-state index contributed by atoms with van der Waals surface area (Å²) in [7, 11) is 0. The third-order valence-electron chi connectivity index (χ3n) is 5.13. The number of hydrogen-bond donors (Lipinski definition) is 3. The van der Waals surface area contributed by atoms with Gasteiger partial charge in [0.15, 0.2) is 0 Å². The fourth-order valence-corrected chi connectivity index (χ4v) is 3.62. The monoisotopic (exact) mass is 318 g/mol. The molecule has 21 heavy (non-hydrogen) atoms. The first kappa shape index (κ1) is 18.7. The van der Waals surface area contributed by atoms with E-state index in [1.54, 1.807) is 0 Å². The van der Waals surface area contributed by atoms with Gasteiger partial charge in [0.25, 0.3) is 0 Å². The lowest BCUT2D eigenvalue weighted by Gasteiger charge is -2.29. The van der Waals surface area contributed by atoms with Crippen molar-refractivity contribution in [2.45, 2.75) is 58.0 Å². The number of aliphatic hydroxyl groups excluding tert-OH is 1. The molecule has 1 heterocycles. The van der Waals surface area contributed by atoms with E-state index in [1.807, 2.05) is 0 Å². The van der Waals surface area contributed by atoms with Crippen molar-refractivity contribution in [3.05, 3.63) is 0 Å². The van der Waals surface area contributed by atoms with E-state index in [-0.39, 0.29) is 30.3 Å². The van der Waals surface area contributed by atoms with Crippen LogP contribution in [0.2, 0.25) is 0 Å². The van der Waals surface area contributed by atoms with Gasteiger partial charge in [-0.1, -0.05) is 19.8 Å². The molecule has 0 aromatic heterocycles. The molecule has 1 saturated carbocycles. The van der Waals surface area contributed by atoms with Crippen LogP contribution in [0.15, 0.2) is 0 Å². The molecule has 1 aliphatic heterocycles. The second-order valence-corrected chi connectivity index (χ2v) is 6.68. The number of aliphatic hydroxyl groups is 1. The quantitative estimate of drug-likeness (QED) is 0.727. The number of amides is 1. The molecule has 3 unspecified atom stereocenters. The Balaban J connectivity index is 0.00000220. The fourth-order valence-electron chi connectivity index (χ4n) is 3.62. The van der Waals surface area contributed by atoms with Gasteiger partial charge in [-0.2, -0.15) is 0 Å². The van der Waals surface area contributed by atoms with E-state index in [2.05, 4.69) is 17.6 Å². The van der Waals surface area contributed by atoms with Crippen molar-refractivity contribution in [3.8, 4) is 0 Å². The Morgan fingerprint density at radius 2 is 1.90 bits per heavy atom. The Bertz CT molecular complexity index is 309. The van der Waals surface area contributed by atoms with Crippen molar-refractivity contribution < 1.29 is 9.90 Å². The van der Waals surface area contributed by atoms with Gasteiger partial charge in [-0.05, 0) is 50.6 Å². The van der Waals surface area contributed by atoms with Crippen LogP contribution in [-0.2, 0) is 4.79 Å². The van der Waals surface area contributed by atoms with Gasteiger partial charge in [-0.3, -0.25) is 4.79 Å². The van der Waals surface area contributed by atoms with E-state index in [0.29, 0.717) is 24.8 Å². The average Bonchev–Trinajstić information content (AvgIpc) is 2.47. The van der Waals surface area contributed by atoms with Crippen LogP contribution in [0.3, 0.4) is 0 Å². The highest BCUT2D eigenvalue weighted by molar-refractivity contribution is 5.85. The maximum absolute atomic E-state index is 12.0. The maximum Gasteiger partial charge on any atom is 0.220 e. The summed E-state index contributed by atoms with van der Waals surface area (Å²) < 4.78 is 0. The number of halogens is 1. The smallest absolute Gasteiger partial charge is 0.220 e. The highest BCUT2D eigenvalue weighted by atomic mass is 35.5. The predicted octanol–water partition coefficient (Wildman–Crippen LogP) is 2.10. The molecule has 0 radical (unpaired) electrons. The van der Waals surface area contributed by atoms with E-state index < -0.39 is 0 Å². The molecule has 2 rings (SSSR count). The van der Waals surface area contributed by atoms with Crippen molar-refractivity contribution in [1.82, 2.24) is 10.6 Å². The minimum Gasteiger partial charge on any atom is -0.393 e. The summed E-state index contributed by atoms with van der Waals surface area (Å²) in [6.07, 6.45) is 7.04. The van der Waals surface area contributed by atoms with Crippen molar-refractivity contribution in [3.63, 3.8) is 0 Å². The molecule has 0 aromatic carbocycles. The molecule has 1 aliphatic carbocycles. The van der Waals surface area contributed by atoms with Crippen LogP contribution >= 0.6 is 12.4 Å². The van der Waals surface area contributed by atoms with Crippen LogP contribution in [-0.4, -0.2) is 36.8 Å². The van der Waals surface area contributed by atoms with Gasteiger partial charge in [0.05, 0.1) is 6.10 Å². The standard InChI is InChI=1S/C16H30N2O2.ClH/c1-12(13-6-8-17-9-7-13)10-16(20)18-11-14-4-2-3-5-15(14)19;/h12-15,17,19H,2-11H2,1H3,(H,18,20);1H. The van der Waals surface area contributed by atoms with Crippen LogP contribution < -0.4 is 10.6 Å². The maximum atomic E-state index is 12.0. The summed E-state index contributed by atoms with van der Waals surface area (Å²) in [4.78, 5) is 12.0. The lowest BCUT2D eigenvalue weighted by Crippen LogP contribution is -2.38. The summed E-state index contributed by atoms with van der Waals surface area (Å²) in [5.41, 5.74) is 0. The fraction of sp³-hybridized carbons (Fsp3) is 0.938. The van der Waals surface area contributed by atoms with E-state index in [0.717, 1.165) is 32.4 Å². The largest absolute Gasteiger partial charge is 0.393 e. The topological polar surface area (TPSA) is 61.4 Å². The molecule has 1 amide bonds. The molecule has 4 nitrogen and oxygen atoms in total. The number of carbonyl (C=O) groups excluding carboxylic acids is 1. The summed E-state index contributed by atoms with van der Waals surface area (Å²) in [6, 6.07) is 0. The van der Waals surface area contributed by atoms with Gasteiger partial charge in [-0.25, -0.2) is 0 Å². The lowest BCUT2D eigenvalue weighted by molar-refractivity contribution is -0.122. The first-order valence-corrected chi connectivity index (χ1v) is 8.32. The van der Waals surface area contributed by atoms with E-state index in [1.165, 1.54) is 19.3 Å². The Labute approximate surface area is 134 Å². The second kappa shape index (κ2) is 9.65. The molecule has 0 aromatic rings. The first-order chi connectivity index (χ1) is 9.66. The molecule has 124 valence electrons. The van der Waals surface area contributed by atoms with Gasteiger partial charge in [0, 0.05) is 18.9 Å². The Morgan fingerprint density at radius 3 is 2.57 bits per heavy atom. The van der Waals surface area contributed by atoms with E-state index >= 15 is 0 Å². The summed E-state index contributed by atoms with van der Waals surface area (Å²) in [6.45, 7) is 5.03. The Kier molecular flexibility index (Phi) is 8.60. The Hall–Kier alpha value is -0.320. The van der Waals surface area contributed by atoms with Crippen LogP contribution in [0.5, 0.6) is 0 Å². The summed E-state index contributed by atoms with van der Waals surface area (Å²) in [5, 5.41) is 16.3. The highest BCUT2D eigenvalue weighted by Gasteiger charge is 2.25. The van der Waals surface area contributed by atoms with Crippen molar-refractivity contribution in [1.29, 1.82) is 0 Å². The van der Waals surface area contributed by atoms with E-state index in [9.17, 15) is 9.90 Å². The predicted molar refractivity (Wildman–Crippen MR) is 87.6 cm³/mol. The van der Waals surface area contributed by atoms with Crippen molar-refractivity contribution >= 4 is 18.3 Å². The van der Waals surface area contributed by atoms with Crippen molar-refractivity contribution in [2.75, 3.05) is 19.6 Å². The molecule has 2 aliphatic rings. The summed E-state index contributed by atoms with van der Waals surface area (Å²) >= 11 is 0. The first-order valence-electron chi connectivity index (χ1n) is 8.32. The molecule has 1 saturated heterocycles. The van der Waals surface area contributed by atoms with Gasteiger partial charge in [0.2, 0.25) is 5.91 Å². The van der Waals surface area contributed by atoms with Gasteiger partial charge in [-0.15, -0.1) is 12.4 Å². The Morgan fingerprint density at radius 1 is 1.24 bits per heavy atom. The number of rotatable bonds is 5. The number of carbonyl (C=O) groups is 1. The van der Waals surface area contributed by atoms with Crippen molar-refractivity contribution in [2.24, 2.45) is 17.8 Å². The van der Waals surface area contributed by atoms with Crippen LogP contribution in [0.4, 0.5) is 0 Å². The molecule has 3 atom stereocenters.